The van der Waals surface area contributed by atoms with E-state index in [1.54, 1.807) is 6.07 Å². The van der Waals surface area contributed by atoms with Gasteiger partial charge in [0.15, 0.2) is 11.5 Å². The summed E-state index contributed by atoms with van der Waals surface area (Å²) >= 11 is 3.48. The Kier molecular flexibility index (Phi) is 4.88. The lowest BCUT2D eigenvalue weighted by Crippen LogP contribution is -2.31. The van der Waals surface area contributed by atoms with Crippen LogP contribution >= 0.6 is 15.9 Å². The maximum Gasteiger partial charge on any atom is 0.243 e. The molecule has 2 aromatic rings. The Morgan fingerprint density at radius 1 is 1.50 bits per heavy atom. The first-order valence-corrected chi connectivity index (χ1v) is 8.45. The van der Waals surface area contributed by atoms with E-state index in [1.165, 1.54) is 7.11 Å². The Bertz CT molecular complexity index is 955. The number of terminal acetylenes is 1. The number of H-pyrrole nitrogens is 1. The van der Waals surface area contributed by atoms with Crippen LogP contribution in [0, 0.1) is 41.9 Å². The van der Waals surface area contributed by atoms with Gasteiger partial charge in [0.05, 0.1) is 17.7 Å². The Labute approximate surface area is 158 Å². The van der Waals surface area contributed by atoms with Crippen molar-refractivity contribution >= 4 is 21.8 Å². The lowest BCUT2D eigenvalue weighted by molar-refractivity contribution is 0.328. The molecule has 1 aliphatic heterocycles. The van der Waals surface area contributed by atoms with Crippen LogP contribution in [0.3, 0.4) is 0 Å². The van der Waals surface area contributed by atoms with E-state index in [1.807, 2.05) is 13.0 Å². The largest absolute Gasteiger partial charge is 0.493 e. The van der Waals surface area contributed by atoms with Gasteiger partial charge in [-0.2, -0.15) is 5.26 Å². The van der Waals surface area contributed by atoms with E-state index in [4.69, 9.17) is 26.0 Å². The molecule has 1 aromatic carbocycles. The fourth-order valence-corrected chi connectivity index (χ4v) is 3.58. The summed E-state index contributed by atoms with van der Waals surface area (Å²) in [6.07, 6.45) is 5.26. The summed E-state index contributed by atoms with van der Waals surface area (Å²) in [4.78, 5) is 0. The predicted octanol–water partition coefficient (Wildman–Crippen LogP) is 3.14. The molecule has 2 heterocycles. The van der Waals surface area contributed by atoms with Crippen LogP contribution in [0.4, 0.5) is 0 Å². The minimum atomic E-state index is -0.784. The first-order chi connectivity index (χ1) is 12.5. The van der Waals surface area contributed by atoms with Crippen molar-refractivity contribution in [3.05, 3.63) is 33.4 Å². The van der Waals surface area contributed by atoms with Gasteiger partial charge in [-0.15, -0.1) is 11.5 Å². The highest BCUT2D eigenvalue weighted by molar-refractivity contribution is 9.10. The predicted molar refractivity (Wildman–Crippen MR) is 97.6 cm³/mol. The average molecular weight is 415 g/mol. The molecule has 1 aliphatic rings. The van der Waals surface area contributed by atoms with Gasteiger partial charge in [0.1, 0.15) is 12.5 Å². The normalized spacial score (nSPS) is 18.3. The maximum absolute atomic E-state index is 9.62. The molecule has 2 unspecified atom stereocenters. The molecule has 0 saturated heterocycles. The molecular formula is C18H15BrN4O3. The Morgan fingerprint density at radius 2 is 2.27 bits per heavy atom. The molecular weight excluding hydrogens is 400 g/mol. The third kappa shape index (κ3) is 2.89. The number of hydrogen-bond donors (Lipinski definition) is 2. The molecule has 132 valence electrons. The molecule has 0 bridgehead atoms. The molecule has 1 aromatic heterocycles. The number of aryl methyl sites for hydroxylation is 1. The van der Waals surface area contributed by atoms with E-state index in [0.717, 1.165) is 16.8 Å². The molecule has 0 fully saturated rings. The number of halogens is 1. The lowest BCUT2D eigenvalue weighted by Gasteiger charge is -2.28. The summed E-state index contributed by atoms with van der Waals surface area (Å²) in [5.41, 5.74) is 2.30. The molecule has 3 rings (SSSR count). The molecule has 7 nitrogen and oxygen atoms in total. The van der Waals surface area contributed by atoms with Gasteiger partial charge in [-0.1, -0.05) is 5.92 Å². The molecule has 0 spiro atoms. The summed E-state index contributed by atoms with van der Waals surface area (Å²) in [6, 6.07) is 5.77. The number of nitriles is 1. The number of fused-ring (bicyclic) bond motifs is 1. The molecule has 8 heteroatoms. The van der Waals surface area contributed by atoms with Crippen molar-refractivity contribution < 1.29 is 14.2 Å². The summed E-state index contributed by atoms with van der Waals surface area (Å²) in [6.45, 7) is 1.95. The summed E-state index contributed by atoms with van der Waals surface area (Å²) < 4.78 is 17.0. The van der Waals surface area contributed by atoms with Crippen molar-refractivity contribution in [2.75, 3.05) is 13.7 Å². The van der Waals surface area contributed by atoms with Crippen LogP contribution in [0.25, 0.3) is 0 Å². The standard InChI is InChI=1S/C18H15BrN4O3/c1-4-5-25-16-12(19)6-10(7-13(16)24-3)15-11(8-20)17(21)26-18-14(15)9(2)22-23-18/h1,6-7,11,15,21H,5H2,2-3H3,(H,22,23). The minimum Gasteiger partial charge on any atom is -0.493 e. The number of aromatic amines is 1. The van der Waals surface area contributed by atoms with Crippen LogP contribution < -0.4 is 14.2 Å². The zero-order valence-electron chi connectivity index (χ0n) is 14.1. The Balaban J connectivity index is 2.17. The second-order valence-electron chi connectivity index (χ2n) is 5.65. The van der Waals surface area contributed by atoms with Gasteiger partial charge >= 0.3 is 0 Å². The Morgan fingerprint density at radius 3 is 2.92 bits per heavy atom. The SMILES string of the molecule is C#CCOc1c(Br)cc(C2c3c(n[nH]c3C)OC(=N)C2C#N)cc1OC. The van der Waals surface area contributed by atoms with E-state index in [-0.39, 0.29) is 12.5 Å². The number of ether oxygens (including phenoxy) is 3. The van der Waals surface area contributed by atoms with E-state index in [9.17, 15) is 5.26 Å². The fraction of sp³-hybridized carbons (Fsp3) is 0.278. The summed E-state index contributed by atoms with van der Waals surface area (Å²) in [5.74, 6) is 2.33. The number of aromatic nitrogens is 2. The highest BCUT2D eigenvalue weighted by atomic mass is 79.9. The lowest BCUT2D eigenvalue weighted by atomic mass is 9.79. The number of hydrogen-bond acceptors (Lipinski definition) is 6. The zero-order valence-corrected chi connectivity index (χ0v) is 15.7. The molecule has 0 aliphatic carbocycles. The van der Waals surface area contributed by atoms with Crippen molar-refractivity contribution in [2.24, 2.45) is 5.92 Å². The van der Waals surface area contributed by atoms with Crippen molar-refractivity contribution in [3.63, 3.8) is 0 Å². The van der Waals surface area contributed by atoms with Gasteiger partial charge in [0.25, 0.3) is 0 Å². The zero-order chi connectivity index (χ0) is 18.8. The van der Waals surface area contributed by atoms with Gasteiger partial charge in [-0.3, -0.25) is 10.5 Å². The van der Waals surface area contributed by atoms with Crippen molar-refractivity contribution in [1.29, 1.82) is 10.7 Å². The van der Waals surface area contributed by atoms with Gasteiger partial charge < -0.3 is 14.2 Å². The van der Waals surface area contributed by atoms with E-state index >= 15 is 0 Å². The van der Waals surface area contributed by atoms with Crippen molar-refractivity contribution in [1.82, 2.24) is 10.2 Å². The molecule has 0 saturated carbocycles. The summed E-state index contributed by atoms with van der Waals surface area (Å²) in [7, 11) is 1.52. The van der Waals surface area contributed by atoms with Gasteiger partial charge in [0.2, 0.25) is 11.8 Å². The van der Waals surface area contributed by atoms with Crippen molar-refractivity contribution in [2.45, 2.75) is 12.8 Å². The van der Waals surface area contributed by atoms with E-state index in [2.05, 4.69) is 38.1 Å². The third-order valence-electron chi connectivity index (χ3n) is 4.14. The smallest absolute Gasteiger partial charge is 0.243 e. The second-order valence-corrected chi connectivity index (χ2v) is 6.50. The third-order valence-corrected chi connectivity index (χ3v) is 4.73. The maximum atomic E-state index is 9.62. The number of rotatable bonds is 4. The van der Waals surface area contributed by atoms with Crippen LogP contribution in [0.5, 0.6) is 17.4 Å². The summed E-state index contributed by atoms with van der Waals surface area (Å²) in [5, 5.41) is 24.6. The highest BCUT2D eigenvalue weighted by Gasteiger charge is 2.40. The molecule has 0 radical (unpaired) electrons. The highest BCUT2D eigenvalue weighted by Crippen LogP contribution is 2.46. The molecule has 26 heavy (non-hydrogen) atoms. The number of nitrogens with one attached hydrogen (secondary N) is 2. The second kappa shape index (κ2) is 7.11. The number of benzene rings is 1. The van der Waals surface area contributed by atoms with Crippen LogP contribution in [-0.4, -0.2) is 29.8 Å². The van der Waals surface area contributed by atoms with Crippen molar-refractivity contribution in [3.8, 4) is 35.8 Å². The van der Waals surface area contributed by atoms with E-state index < -0.39 is 11.8 Å². The van der Waals surface area contributed by atoms with Crippen LogP contribution in [0.2, 0.25) is 0 Å². The molecule has 2 N–H and O–H groups in total. The van der Waals surface area contributed by atoms with Gasteiger partial charge in [-0.05, 0) is 40.5 Å². The minimum absolute atomic E-state index is 0.0992. The molecule has 2 atom stereocenters. The van der Waals surface area contributed by atoms with Gasteiger partial charge in [0, 0.05) is 17.2 Å². The van der Waals surface area contributed by atoms with Crippen LogP contribution in [0.15, 0.2) is 16.6 Å². The molecule has 0 amide bonds. The van der Waals surface area contributed by atoms with Crippen LogP contribution in [-0.2, 0) is 0 Å². The van der Waals surface area contributed by atoms with Gasteiger partial charge in [-0.25, -0.2) is 0 Å². The first-order valence-electron chi connectivity index (χ1n) is 7.66. The number of methoxy groups -OCH3 is 1. The Hall–Kier alpha value is -2.97. The quantitative estimate of drug-likeness (QED) is 0.747. The topological polar surface area (TPSA) is 104 Å². The number of nitrogens with zero attached hydrogens (tertiary/aromatic N) is 2. The average Bonchev–Trinajstić information content (AvgIpc) is 2.99. The monoisotopic (exact) mass is 414 g/mol. The van der Waals surface area contributed by atoms with Crippen LogP contribution in [0.1, 0.15) is 22.7 Å². The first kappa shape index (κ1) is 17.8. The fourth-order valence-electron chi connectivity index (χ4n) is 3.01. The van der Waals surface area contributed by atoms with E-state index in [0.29, 0.717) is 21.9 Å².